The van der Waals surface area contributed by atoms with E-state index in [1.54, 1.807) is 32.0 Å². The molecule has 1 aliphatic heterocycles. The van der Waals surface area contributed by atoms with Crippen molar-refractivity contribution in [1.82, 2.24) is 91.1 Å². The highest BCUT2D eigenvalue weighted by Crippen LogP contribution is 2.43. The Labute approximate surface area is 873 Å². The second-order valence-electron chi connectivity index (χ2n) is 32.1. The van der Waals surface area contributed by atoms with E-state index >= 15 is 0 Å². The Bertz CT molecular complexity index is 7310. The number of hydrogen-bond acceptors (Lipinski definition) is 28. The zero-order valence-corrected chi connectivity index (χ0v) is 86.0. The maximum atomic E-state index is 6.37. The van der Waals surface area contributed by atoms with Gasteiger partial charge in [-0.15, -0.1) is 30.6 Å². The Hall–Kier alpha value is -15.4. The van der Waals surface area contributed by atoms with Crippen LogP contribution in [0.5, 0.6) is 80.5 Å². The number of methoxy groups -OCH3 is 2. The third-order valence-corrected chi connectivity index (χ3v) is 24.5. The fraction of sp³-hybridized carbons (Fsp3) is 0.200. The molecule has 0 saturated heterocycles. The van der Waals surface area contributed by atoms with Gasteiger partial charge in [0.1, 0.15) is 92.4 Å². The molecule has 33 nitrogen and oxygen atoms in total. The first-order valence-electron chi connectivity index (χ1n) is 45.1. The Morgan fingerprint density at radius 3 is 1.04 bits per heavy atom. The molecule has 0 radical (unpaired) electrons. The van der Waals surface area contributed by atoms with Crippen molar-refractivity contribution in [3.05, 3.63) is 363 Å². The third kappa shape index (κ3) is 31.0. The molecule has 0 saturated carbocycles. The number of fused-ring (bicyclic) bond motifs is 1. The summed E-state index contributed by atoms with van der Waals surface area (Å²) in [4.78, 5) is 27.7. The van der Waals surface area contributed by atoms with Crippen LogP contribution in [0.4, 0.5) is 35.7 Å². The van der Waals surface area contributed by atoms with Gasteiger partial charge in [-0.05, 0) is 237 Å². The third-order valence-electron chi connectivity index (χ3n) is 21.2. The van der Waals surface area contributed by atoms with Gasteiger partial charge < -0.3 is 74.5 Å². The molecule has 0 amide bonds. The van der Waals surface area contributed by atoms with Gasteiger partial charge in [0, 0.05) is 125 Å². The number of nitrogens with one attached hydrogen (secondary N) is 12. The quantitative estimate of drug-likeness (QED) is 0.0186. The van der Waals surface area contributed by atoms with Crippen molar-refractivity contribution in [3.63, 3.8) is 0 Å². The predicted molar refractivity (Wildman–Crippen MR) is 572 cm³/mol. The van der Waals surface area contributed by atoms with E-state index in [2.05, 4.69) is 154 Å². The number of para-hydroxylation sites is 1. The van der Waals surface area contributed by atoms with E-state index in [1.807, 2.05) is 275 Å². The van der Waals surface area contributed by atoms with Crippen molar-refractivity contribution in [3.8, 4) is 80.5 Å². The molecule has 1 aliphatic rings. The second-order valence-corrected chi connectivity index (χ2v) is 35.7. The fourth-order valence-electron chi connectivity index (χ4n) is 13.8. The fourth-order valence-corrected chi connectivity index (χ4v) is 16.3. The summed E-state index contributed by atoms with van der Waals surface area (Å²) in [7, 11) is 3.25. The number of rotatable bonds is 32. The maximum Gasteiger partial charge on any atom is 0.242 e. The summed E-state index contributed by atoms with van der Waals surface area (Å²) in [5, 5.41) is 63.9. The molecular weight excluding hydrogens is 1990 g/mol. The lowest BCUT2D eigenvalue weighted by Crippen LogP contribution is -2.04. The van der Waals surface area contributed by atoms with Gasteiger partial charge in [-0.25, -0.2) is 0 Å². The van der Waals surface area contributed by atoms with Crippen molar-refractivity contribution in [2.45, 2.75) is 133 Å². The Kier molecular flexibility index (Phi) is 38.7. The first-order chi connectivity index (χ1) is 69.7. The van der Waals surface area contributed by atoms with E-state index < -0.39 is 0 Å². The number of H-pyrrole nitrogens is 6. The van der Waals surface area contributed by atoms with Gasteiger partial charge in [-0.2, -0.15) is 29.9 Å². The minimum Gasteiger partial charge on any atom is -0.497 e. The lowest BCUT2D eigenvalue weighted by molar-refractivity contribution is 0.174. The van der Waals surface area contributed by atoms with Crippen molar-refractivity contribution in [2.75, 3.05) is 52.9 Å². The lowest BCUT2D eigenvalue weighted by atomic mass is 10.1. The molecule has 12 N–H and O–H groups in total. The number of ether oxygens (including phenoxy) is 9. The number of anilines is 6. The molecule has 0 atom stereocenters. The topological polar surface area (TPSA) is 405 Å². The predicted octanol–water partition coefficient (Wildman–Crippen LogP) is 27.3. The SMILES string of the molecule is C.COc1cc(C)cc(Oc2cccc(Cl)c2CNc2n[nH]c(C)n2)c1.COc1cc(C)ccc1Oc1cccc(Cl)c1CNc1n[nH]c(C)n1.Cc1nc(NCc2c(Cl)cccc2Oc2ccc3c(c2)OCO3)n[nH]1.Cc1nc(NCc2c(Cl)cccc2Oc2cccc(C)c2C)n[nH]1.Cc1nc(NCc2c(Cl)cccc2Oc2ccccc2C)n[nH]1.Cc1nc(NCc2c(Cl)cccc2Sc2ccccc2)n[nH]1. The molecule has 6 aromatic heterocycles. The van der Waals surface area contributed by atoms with E-state index in [1.165, 1.54) is 10.5 Å². The molecule has 0 unspecified atom stereocenters. The smallest absolute Gasteiger partial charge is 0.242 e. The van der Waals surface area contributed by atoms with Gasteiger partial charge in [-0.1, -0.05) is 180 Å². The van der Waals surface area contributed by atoms with Gasteiger partial charge in [-0.3, -0.25) is 30.6 Å². The number of aryl methyl sites for hydroxylation is 10. The summed E-state index contributed by atoms with van der Waals surface area (Å²) in [6.07, 6.45) is 0. The molecule has 18 aromatic rings. The number of aromatic nitrogens is 18. The molecule has 0 bridgehead atoms. The Balaban J connectivity index is 0.000000146. The molecule has 19 rings (SSSR count). The number of aromatic amines is 6. The van der Waals surface area contributed by atoms with Crippen LogP contribution < -0.4 is 74.5 Å². The van der Waals surface area contributed by atoms with Crippen LogP contribution in [0.25, 0.3) is 0 Å². The first-order valence-corrected chi connectivity index (χ1v) is 48.1. The van der Waals surface area contributed by atoms with Crippen molar-refractivity contribution in [2.24, 2.45) is 0 Å². The highest BCUT2D eigenvalue weighted by atomic mass is 35.5. The summed E-state index contributed by atoms with van der Waals surface area (Å²) in [5.74, 6) is 17.4. The second kappa shape index (κ2) is 52.5. The molecule has 12 aromatic carbocycles. The van der Waals surface area contributed by atoms with Gasteiger partial charge in [0.2, 0.25) is 42.5 Å². The molecule has 7 heterocycles. The van der Waals surface area contributed by atoms with Gasteiger partial charge in [0.15, 0.2) is 23.0 Å². The summed E-state index contributed by atoms with van der Waals surface area (Å²) in [6, 6.07) is 74.8. The van der Waals surface area contributed by atoms with Crippen LogP contribution >= 0.6 is 81.4 Å². The van der Waals surface area contributed by atoms with Crippen molar-refractivity contribution < 1.29 is 42.6 Å². The molecule has 0 aliphatic carbocycles. The first kappa shape index (κ1) is 107. The highest BCUT2D eigenvalue weighted by molar-refractivity contribution is 7.99. The summed E-state index contributed by atoms with van der Waals surface area (Å²) in [5.41, 5.74) is 10.7. The lowest BCUT2D eigenvalue weighted by Gasteiger charge is -2.15. The normalized spacial score (nSPS) is 10.8. The summed E-state index contributed by atoms with van der Waals surface area (Å²) in [6.45, 7) is 24.2. The van der Waals surface area contributed by atoms with Gasteiger partial charge >= 0.3 is 0 Å². The summed E-state index contributed by atoms with van der Waals surface area (Å²) < 4.78 is 51.7. The standard InChI is InChI=1S/2C18H19ClN4O2.C18H19ClN4O.C17H15ClN4O3.C17H17ClN4O.C16H15ClN4S.CH4/c1-11-7-13(24-3)9-14(8-11)25-17-6-4-5-16(19)15(17)10-20-18-21-12(2)22-23-18;1-11-7-8-16(17(9-11)24-3)25-15-6-4-5-14(19)13(15)10-20-18-21-12(2)22-23-18;1-11-6-4-8-16(12(11)2)24-17-9-5-7-15(19)14(17)10-20-18-21-13(3)22-23-18;1-10-20-17(22-21-10)19-8-12-13(18)3-2-4-14(12)25-11-5-6-15-16(7-11)24-9-23-15;1-11-6-3-4-8-15(11)23-16-9-5-7-14(18)13(16)10-19-17-20-12(2)21-22-17;1-11-19-16(21-20-11)18-10-13-14(17)8-5-9-15(13)22-12-6-3-2-4-7-12;/h2*4-9H,10H2,1-3H3,(H2,20,21,22,23);4-9H,10H2,1-3H3,(H2,20,21,22,23);2-7H,8-9H2,1H3,(H2,19,20,21,22);3-9H,10H2,1-2H3,(H2,19,20,21,22);2-9H,10H2,1H3,(H2,18,19,20,21);1H4. The van der Waals surface area contributed by atoms with Gasteiger partial charge in [0.25, 0.3) is 0 Å². The molecule has 145 heavy (non-hydrogen) atoms. The molecular formula is C105H108Cl6N24O9S. The van der Waals surface area contributed by atoms with Crippen molar-refractivity contribution >= 4 is 117 Å². The van der Waals surface area contributed by atoms with E-state index in [0.717, 1.165) is 123 Å². The average molecular weight is 2090 g/mol. The number of hydrogen-bond donors (Lipinski definition) is 12. The van der Waals surface area contributed by atoms with Gasteiger partial charge in [0.05, 0.1) is 14.2 Å². The zero-order chi connectivity index (χ0) is 102. The van der Waals surface area contributed by atoms with Crippen LogP contribution in [0.1, 0.15) is 104 Å². The molecule has 40 heteroatoms. The number of benzene rings is 12. The summed E-state index contributed by atoms with van der Waals surface area (Å²) >= 11 is 39.8. The minimum absolute atomic E-state index is 0. The van der Waals surface area contributed by atoms with Crippen LogP contribution in [0.3, 0.4) is 0 Å². The Morgan fingerprint density at radius 2 is 0.628 bits per heavy atom. The highest BCUT2D eigenvalue weighted by Gasteiger charge is 2.22. The average Bonchev–Trinajstić information content (AvgIpc) is 1.74. The van der Waals surface area contributed by atoms with Crippen LogP contribution in [-0.4, -0.2) is 112 Å². The number of halogens is 6. The molecule has 0 fully saturated rings. The molecule has 750 valence electrons. The van der Waals surface area contributed by atoms with E-state index in [-0.39, 0.29) is 14.2 Å². The zero-order valence-electron chi connectivity index (χ0n) is 80.7. The van der Waals surface area contributed by atoms with Crippen molar-refractivity contribution in [1.29, 1.82) is 0 Å². The van der Waals surface area contributed by atoms with Crippen LogP contribution in [0, 0.1) is 76.2 Å². The van der Waals surface area contributed by atoms with Crippen LogP contribution in [0.15, 0.2) is 246 Å². The number of nitrogens with zero attached hydrogens (tertiary/aromatic N) is 12. The maximum absolute atomic E-state index is 6.37. The van der Waals surface area contributed by atoms with E-state index in [4.69, 9.17) is 112 Å². The Morgan fingerprint density at radius 1 is 0.283 bits per heavy atom. The molecule has 0 spiro atoms. The van der Waals surface area contributed by atoms with Crippen LogP contribution in [0.2, 0.25) is 30.1 Å². The van der Waals surface area contributed by atoms with Crippen LogP contribution in [-0.2, 0) is 39.3 Å². The van der Waals surface area contributed by atoms with E-state index in [0.29, 0.717) is 158 Å². The minimum atomic E-state index is 0. The largest absolute Gasteiger partial charge is 0.497 e. The van der Waals surface area contributed by atoms with E-state index in [9.17, 15) is 0 Å². The monoisotopic (exact) mass is 2090 g/mol.